The molecular formula is C17H22N2O2S. The Kier molecular flexibility index (Phi) is 5.20. The number of thiazole rings is 1. The maximum absolute atomic E-state index is 9.68. The first kappa shape index (κ1) is 15.6. The summed E-state index contributed by atoms with van der Waals surface area (Å²) < 4.78 is 5.39. The summed E-state index contributed by atoms with van der Waals surface area (Å²) in [5.41, 5.74) is 2.16. The monoisotopic (exact) mass is 318 g/mol. The topological polar surface area (TPSA) is 54.4 Å². The van der Waals surface area contributed by atoms with Crippen LogP contribution in [0.5, 0.6) is 0 Å². The molecule has 1 aromatic heterocycles. The summed E-state index contributed by atoms with van der Waals surface area (Å²) in [6.07, 6.45) is 1.84. The Morgan fingerprint density at radius 2 is 2.00 bits per heavy atom. The molecule has 3 rings (SSSR count). The van der Waals surface area contributed by atoms with Crippen LogP contribution in [0.15, 0.2) is 35.7 Å². The van der Waals surface area contributed by atoms with Crippen molar-refractivity contribution in [2.75, 3.05) is 26.4 Å². The normalized spacial score (nSPS) is 17.5. The zero-order valence-corrected chi connectivity index (χ0v) is 13.4. The van der Waals surface area contributed by atoms with Gasteiger partial charge in [0.1, 0.15) is 5.01 Å². The number of nitrogens with one attached hydrogen (secondary N) is 1. The highest BCUT2D eigenvalue weighted by atomic mass is 32.1. The zero-order valence-electron chi connectivity index (χ0n) is 12.6. The number of hydrogen-bond acceptors (Lipinski definition) is 5. The molecule has 0 spiro atoms. The molecule has 0 radical (unpaired) electrons. The van der Waals surface area contributed by atoms with Gasteiger partial charge in [-0.3, -0.25) is 0 Å². The van der Waals surface area contributed by atoms with Gasteiger partial charge in [-0.05, 0) is 12.8 Å². The van der Waals surface area contributed by atoms with E-state index in [-0.39, 0.29) is 12.0 Å². The van der Waals surface area contributed by atoms with Gasteiger partial charge in [0.05, 0.1) is 12.3 Å². The predicted molar refractivity (Wildman–Crippen MR) is 88.8 cm³/mol. The van der Waals surface area contributed by atoms with Crippen LogP contribution in [0.2, 0.25) is 0 Å². The molecule has 1 saturated heterocycles. The Hall–Kier alpha value is -1.27. The number of aliphatic hydroxyl groups excluding tert-OH is 1. The van der Waals surface area contributed by atoms with E-state index in [1.54, 1.807) is 11.3 Å². The van der Waals surface area contributed by atoms with Crippen molar-refractivity contribution in [3.05, 3.63) is 40.7 Å². The van der Waals surface area contributed by atoms with Crippen LogP contribution in [-0.2, 0) is 11.3 Å². The van der Waals surface area contributed by atoms with Crippen LogP contribution in [-0.4, -0.2) is 36.5 Å². The van der Waals surface area contributed by atoms with E-state index in [2.05, 4.69) is 27.8 Å². The number of benzene rings is 1. The smallest absolute Gasteiger partial charge is 0.107 e. The fourth-order valence-electron chi connectivity index (χ4n) is 2.76. The van der Waals surface area contributed by atoms with Gasteiger partial charge in [-0.1, -0.05) is 30.3 Å². The van der Waals surface area contributed by atoms with Crippen LogP contribution in [0.4, 0.5) is 0 Å². The minimum absolute atomic E-state index is 0.0300. The molecule has 0 bridgehead atoms. The summed E-state index contributed by atoms with van der Waals surface area (Å²) in [6, 6.07) is 10.2. The van der Waals surface area contributed by atoms with E-state index in [1.165, 1.54) is 0 Å². The van der Waals surface area contributed by atoms with Crippen molar-refractivity contribution in [3.63, 3.8) is 0 Å². The first-order valence-corrected chi connectivity index (χ1v) is 8.58. The van der Waals surface area contributed by atoms with Crippen LogP contribution >= 0.6 is 11.3 Å². The molecule has 0 aliphatic carbocycles. The van der Waals surface area contributed by atoms with Crippen molar-refractivity contribution < 1.29 is 9.84 Å². The van der Waals surface area contributed by atoms with E-state index < -0.39 is 0 Å². The molecule has 1 fully saturated rings. The average molecular weight is 318 g/mol. The third-order valence-electron chi connectivity index (χ3n) is 4.29. The molecule has 0 unspecified atom stereocenters. The second-order valence-electron chi connectivity index (χ2n) is 5.87. The molecule has 4 nitrogen and oxygen atoms in total. The number of aromatic nitrogens is 1. The maximum Gasteiger partial charge on any atom is 0.107 e. The highest BCUT2D eigenvalue weighted by molar-refractivity contribution is 7.09. The number of rotatable bonds is 6. The van der Waals surface area contributed by atoms with E-state index in [0.29, 0.717) is 0 Å². The van der Waals surface area contributed by atoms with Gasteiger partial charge in [0.2, 0.25) is 0 Å². The van der Waals surface area contributed by atoms with Crippen LogP contribution in [0.3, 0.4) is 0 Å². The lowest BCUT2D eigenvalue weighted by Crippen LogP contribution is -2.41. The fourth-order valence-corrected chi connectivity index (χ4v) is 3.54. The summed E-state index contributed by atoms with van der Waals surface area (Å²) in [7, 11) is 0. The molecule has 1 aliphatic rings. The molecule has 0 amide bonds. The van der Waals surface area contributed by atoms with Gasteiger partial charge in [-0.2, -0.15) is 0 Å². The summed E-state index contributed by atoms with van der Waals surface area (Å²) >= 11 is 1.68. The summed E-state index contributed by atoms with van der Waals surface area (Å²) in [5.74, 6) is 0. The van der Waals surface area contributed by atoms with Crippen LogP contribution in [0.1, 0.15) is 17.8 Å². The molecule has 118 valence electrons. The molecule has 1 aliphatic heterocycles. The van der Waals surface area contributed by atoms with Crippen molar-refractivity contribution in [1.82, 2.24) is 10.3 Å². The predicted octanol–water partition coefficient (Wildman–Crippen LogP) is 2.69. The quantitative estimate of drug-likeness (QED) is 0.860. The average Bonchev–Trinajstić information content (AvgIpc) is 3.05. The lowest BCUT2D eigenvalue weighted by molar-refractivity contribution is -0.0154. The summed E-state index contributed by atoms with van der Waals surface area (Å²) in [6.45, 7) is 3.28. The van der Waals surface area contributed by atoms with Gasteiger partial charge >= 0.3 is 0 Å². The Morgan fingerprint density at radius 3 is 2.73 bits per heavy atom. The van der Waals surface area contributed by atoms with Gasteiger partial charge in [0.15, 0.2) is 0 Å². The molecule has 22 heavy (non-hydrogen) atoms. The Balaban J connectivity index is 1.55. The lowest BCUT2D eigenvalue weighted by atomic mass is 9.81. The summed E-state index contributed by atoms with van der Waals surface area (Å²) in [4.78, 5) is 4.68. The van der Waals surface area contributed by atoms with Gasteiger partial charge < -0.3 is 15.2 Å². The van der Waals surface area contributed by atoms with E-state index in [4.69, 9.17) is 4.74 Å². The SMILES string of the molecule is OCC1(CNCc2nc(-c3ccccc3)cs2)CCOCC1. The zero-order chi connectivity index (χ0) is 15.3. The molecule has 2 N–H and O–H groups in total. The highest BCUT2D eigenvalue weighted by Gasteiger charge is 2.31. The Labute approximate surface area is 135 Å². The molecule has 2 heterocycles. The fraction of sp³-hybridized carbons (Fsp3) is 0.471. The first-order valence-electron chi connectivity index (χ1n) is 7.70. The second kappa shape index (κ2) is 7.33. The molecule has 0 saturated carbocycles. The van der Waals surface area contributed by atoms with E-state index in [0.717, 1.165) is 55.4 Å². The number of hydrogen-bond donors (Lipinski definition) is 2. The minimum atomic E-state index is -0.0300. The highest BCUT2D eigenvalue weighted by Crippen LogP contribution is 2.29. The second-order valence-corrected chi connectivity index (χ2v) is 6.81. The van der Waals surface area contributed by atoms with Gasteiger partial charge in [-0.15, -0.1) is 11.3 Å². The third kappa shape index (κ3) is 3.73. The van der Waals surface area contributed by atoms with E-state index in [9.17, 15) is 5.11 Å². The maximum atomic E-state index is 9.68. The standard InChI is InChI=1S/C17H22N2O2S/c20-13-17(6-8-21-9-7-17)12-18-10-16-19-15(11-22-16)14-4-2-1-3-5-14/h1-5,11,18,20H,6-10,12-13H2. The van der Waals surface area contributed by atoms with Crippen molar-refractivity contribution in [1.29, 1.82) is 0 Å². The lowest BCUT2D eigenvalue weighted by Gasteiger charge is -2.35. The number of nitrogens with zero attached hydrogens (tertiary/aromatic N) is 1. The van der Waals surface area contributed by atoms with Gasteiger partial charge in [0.25, 0.3) is 0 Å². The third-order valence-corrected chi connectivity index (χ3v) is 5.14. The van der Waals surface area contributed by atoms with Crippen molar-refractivity contribution in [2.24, 2.45) is 5.41 Å². The Bertz CT molecular complexity index is 579. The van der Waals surface area contributed by atoms with Crippen molar-refractivity contribution >= 4 is 11.3 Å². The van der Waals surface area contributed by atoms with Crippen molar-refractivity contribution in [2.45, 2.75) is 19.4 Å². The van der Waals surface area contributed by atoms with Crippen LogP contribution in [0, 0.1) is 5.41 Å². The largest absolute Gasteiger partial charge is 0.396 e. The number of aliphatic hydroxyl groups is 1. The summed E-state index contributed by atoms with van der Waals surface area (Å²) in [5, 5.41) is 16.3. The van der Waals surface area contributed by atoms with Crippen molar-refractivity contribution in [3.8, 4) is 11.3 Å². The molecule has 1 aromatic carbocycles. The number of ether oxygens (including phenoxy) is 1. The Morgan fingerprint density at radius 1 is 1.23 bits per heavy atom. The van der Waals surface area contributed by atoms with E-state index >= 15 is 0 Å². The van der Waals surface area contributed by atoms with Gasteiger partial charge in [0, 0.05) is 42.7 Å². The molecule has 5 heteroatoms. The van der Waals surface area contributed by atoms with Crippen LogP contribution in [0.25, 0.3) is 11.3 Å². The molecule has 2 aromatic rings. The molecule has 0 atom stereocenters. The molecular weight excluding hydrogens is 296 g/mol. The van der Waals surface area contributed by atoms with E-state index in [1.807, 2.05) is 18.2 Å². The van der Waals surface area contributed by atoms with Gasteiger partial charge in [-0.25, -0.2) is 4.98 Å². The first-order chi connectivity index (χ1) is 10.8. The minimum Gasteiger partial charge on any atom is -0.396 e. The van der Waals surface area contributed by atoms with Crippen LogP contribution < -0.4 is 5.32 Å².